The van der Waals surface area contributed by atoms with Crippen molar-refractivity contribution < 1.29 is 14.3 Å². The number of methoxy groups -OCH3 is 2. The molecule has 2 heterocycles. The van der Waals surface area contributed by atoms with Crippen LogP contribution in [0, 0.1) is 6.92 Å². The lowest BCUT2D eigenvalue weighted by atomic mass is 10.0. The summed E-state index contributed by atoms with van der Waals surface area (Å²) in [5.41, 5.74) is 4.82. The van der Waals surface area contributed by atoms with Crippen LogP contribution in [0.2, 0.25) is 0 Å². The highest BCUT2D eigenvalue weighted by molar-refractivity contribution is 6.03. The molecule has 1 amide bonds. The first-order valence-electron chi connectivity index (χ1n) is 8.67. The highest BCUT2D eigenvalue weighted by Gasteiger charge is 2.32. The molecule has 1 aliphatic heterocycles. The maximum Gasteiger partial charge on any atom is 0.260 e. The van der Waals surface area contributed by atoms with Crippen LogP contribution in [0.4, 0.5) is 0 Å². The second kappa shape index (κ2) is 7.61. The predicted molar refractivity (Wildman–Crippen MR) is 106 cm³/mol. The zero-order valence-electron chi connectivity index (χ0n) is 16.2. The summed E-state index contributed by atoms with van der Waals surface area (Å²) in [7, 11) is 4.90. The van der Waals surface area contributed by atoms with Crippen molar-refractivity contribution in [2.75, 3.05) is 21.3 Å². The number of fused-ring (bicyclic) bond motifs is 1. The first-order valence-corrected chi connectivity index (χ1v) is 8.67. The molecule has 140 valence electrons. The van der Waals surface area contributed by atoms with Crippen molar-refractivity contribution in [2.45, 2.75) is 20.4 Å². The van der Waals surface area contributed by atoms with E-state index in [2.05, 4.69) is 4.99 Å². The minimum absolute atomic E-state index is 0.0399. The van der Waals surface area contributed by atoms with Crippen LogP contribution in [0.5, 0.6) is 11.5 Å². The molecule has 27 heavy (non-hydrogen) atoms. The van der Waals surface area contributed by atoms with Crippen molar-refractivity contribution in [3.8, 4) is 22.8 Å². The Kier molecular flexibility index (Phi) is 5.26. The van der Waals surface area contributed by atoms with E-state index in [1.165, 1.54) is 0 Å². The summed E-state index contributed by atoms with van der Waals surface area (Å²) in [6.07, 6.45) is 3.57. The van der Waals surface area contributed by atoms with E-state index < -0.39 is 0 Å². The monoisotopic (exact) mass is 365 g/mol. The fraction of sp³-hybridized carbons (Fsp3) is 0.286. The fourth-order valence-corrected chi connectivity index (χ4v) is 3.29. The van der Waals surface area contributed by atoms with Crippen LogP contribution < -0.4 is 9.47 Å². The minimum atomic E-state index is -0.0399. The van der Waals surface area contributed by atoms with Crippen molar-refractivity contribution >= 4 is 12.1 Å². The molecule has 0 radical (unpaired) electrons. The molecule has 1 aromatic heterocycles. The van der Waals surface area contributed by atoms with E-state index in [4.69, 9.17) is 14.5 Å². The van der Waals surface area contributed by atoms with Crippen molar-refractivity contribution in [3.05, 3.63) is 52.9 Å². The Morgan fingerprint density at radius 1 is 1.22 bits per heavy atom. The summed E-state index contributed by atoms with van der Waals surface area (Å²) in [5, 5.41) is 0. The molecule has 0 saturated carbocycles. The van der Waals surface area contributed by atoms with Gasteiger partial charge in [0.15, 0.2) is 11.5 Å². The number of benzene rings is 1. The highest BCUT2D eigenvalue weighted by atomic mass is 16.5. The van der Waals surface area contributed by atoms with Crippen molar-refractivity contribution in [1.29, 1.82) is 0 Å². The van der Waals surface area contributed by atoms with E-state index in [9.17, 15) is 4.79 Å². The Bertz CT molecular complexity index is 948. The molecule has 0 unspecified atom stereocenters. The van der Waals surface area contributed by atoms with E-state index in [0.717, 1.165) is 28.2 Å². The maximum absolute atomic E-state index is 12.9. The van der Waals surface area contributed by atoms with Crippen LogP contribution >= 0.6 is 0 Å². The molecule has 0 N–H and O–H groups in total. The standard InChI is InChI=1S/C21H23N3O3/c1-6-15(11-22-3)24-12-17-20(21(24)25)13(2)9-16(23-17)14-7-8-18(26-4)19(10-14)27-5/h6-11H,12H2,1-5H3/b15-6+,22-11-. The second-order valence-electron chi connectivity index (χ2n) is 6.21. The number of aryl methyl sites for hydroxylation is 1. The fourth-order valence-electron chi connectivity index (χ4n) is 3.29. The van der Waals surface area contributed by atoms with Crippen LogP contribution in [-0.2, 0) is 6.54 Å². The summed E-state index contributed by atoms with van der Waals surface area (Å²) in [6, 6.07) is 7.62. The minimum Gasteiger partial charge on any atom is -0.493 e. The van der Waals surface area contributed by atoms with E-state index in [0.29, 0.717) is 23.6 Å². The van der Waals surface area contributed by atoms with Crippen molar-refractivity contribution in [2.24, 2.45) is 4.99 Å². The van der Waals surface area contributed by atoms with Gasteiger partial charge >= 0.3 is 0 Å². The number of rotatable bonds is 5. The average Bonchev–Trinajstić information content (AvgIpc) is 3.02. The summed E-state index contributed by atoms with van der Waals surface area (Å²) in [5.74, 6) is 1.27. The molecule has 0 atom stereocenters. The number of aliphatic imine (C=N–C) groups is 1. The van der Waals surface area contributed by atoms with Gasteiger partial charge in [0.1, 0.15) is 0 Å². The summed E-state index contributed by atoms with van der Waals surface area (Å²) < 4.78 is 10.7. The number of carbonyl (C=O) groups excluding carboxylic acids is 1. The normalized spacial score (nSPS) is 14.0. The van der Waals surface area contributed by atoms with Crippen LogP contribution in [-0.4, -0.2) is 43.3 Å². The highest BCUT2D eigenvalue weighted by Crippen LogP contribution is 2.34. The smallest absolute Gasteiger partial charge is 0.260 e. The Labute approximate surface area is 159 Å². The molecule has 2 aromatic rings. The van der Waals surface area contributed by atoms with Gasteiger partial charge < -0.3 is 14.4 Å². The van der Waals surface area contributed by atoms with Crippen LogP contribution in [0.25, 0.3) is 11.3 Å². The van der Waals surface area contributed by atoms with Crippen LogP contribution in [0.15, 0.2) is 41.0 Å². The number of ether oxygens (including phenoxy) is 2. The van der Waals surface area contributed by atoms with Gasteiger partial charge in [-0.05, 0) is 43.7 Å². The van der Waals surface area contributed by atoms with E-state index >= 15 is 0 Å². The SMILES string of the molecule is C/C=C(\C=N/C)N1Cc2nc(-c3ccc(OC)c(OC)c3)cc(C)c2C1=O. The number of hydrogen-bond donors (Lipinski definition) is 0. The van der Waals surface area contributed by atoms with Gasteiger partial charge in [0.2, 0.25) is 0 Å². The molecule has 6 heteroatoms. The van der Waals surface area contributed by atoms with Crippen molar-refractivity contribution in [1.82, 2.24) is 9.88 Å². The molecule has 1 aromatic carbocycles. The largest absolute Gasteiger partial charge is 0.493 e. The lowest BCUT2D eigenvalue weighted by Gasteiger charge is -2.15. The third kappa shape index (κ3) is 3.30. The van der Waals surface area contributed by atoms with Gasteiger partial charge in [0.05, 0.1) is 43.4 Å². The molecule has 0 saturated heterocycles. The lowest BCUT2D eigenvalue weighted by molar-refractivity contribution is 0.0834. The van der Waals surface area contributed by atoms with Gasteiger partial charge in [0.25, 0.3) is 5.91 Å². The van der Waals surface area contributed by atoms with E-state index in [-0.39, 0.29) is 5.91 Å². The van der Waals surface area contributed by atoms with Gasteiger partial charge in [-0.15, -0.1) is 0 Å². The molecule has 0 bridgehead atoms. The first-order chi connectivity index (χ1) is 13.0. The molecule has 1 aliphatic rings. The van der Waals surface area contributed by atoms with E-state index in [1.807, 2.05) is 44.2 Å². The number of carbonyl (C=O) groups is 1. The van der Waals surface area contributed by atoms with Gasteiger partial charge in [-0.2, -0.15) is 0 Å². The molecular formula is C21H23N3O3. The van der Waals surface area contributed by atoms with Gasteiger partial charge in [0, 0.05) is 18.8 Å². The number of amides is 1. The molecule has 0 aliphatic carbocycles. The zero-order chi connectivity index (χ0) is 19.6. The Morgan fingerprint density at radius 2 is 1.96 bits per heavy atom. The number of allylic oxidation sites excluding steroid dienone is 2. The van der Waals surface area contributed by atoms with Crippen molar-refractivity contribution in [3.63, 3.8) is 0 Å². The van der Waals surface area contributed by atoms with Gasteiger partial charge in [-0.3, -0.25) is 14.8 Å². The molecular weight excluding hydrogens is 342 g/mol. The Balaban J connectivity index is 2.04. The first kappa shape index (κ1) is 18.6. The Morgan fingerprint density at radius 3 is 2.59 bits per heavy atom. The number of aromatic nitrogens is 1. The molecule has 0 fully saturated rings. The quantitative estimate of drug-likeness (QED) is 0.759. The van der Waals surface area contributed by atoms with Gasteiger partial charge in [-0.1, -0.05) is 6.08 Å². The average molecular weight is 365 g/mol. The second-order valence-corrected chi connectivity index (χ2v) is 6.21. The van der Waals surface area contributed by atoms with Crippen LogP contribution in [0.1, 0.15) is 28.5 Å². The van der Waals surface area contributed by atoms with E-state index in [1.54, 1.807) is 32.4 Å². The zero-order valence-corrected chi connectivity index (χ0v) is 16.2. The van der Waals surface area contributed by atoms with Gasteiger partial charge in [-0.25, -0.2) is 0 Å². The third-order valence-electron chi connectivity index (χ3n) is 4.61. The number of pyridine rings is 1. The topological polar surface area (TPSA) is 64.0 Å². The third-order valence-corrected chi connectivity index (χ3v) is 4.61. The number of nitrogens with zero attached hydrogens (tertiary/aromatic N) is 3. The number of hydrogen-bond acceptors (Lipinski definition) is 5. The Hall–Kier alpha value is -3.15. The van der Waals surface area contributed by atoms with Crippen LogP contribution in [0.3, 0.4) is 0 Å². The lowest BCUT2D eigenvalue weighted by Crippen LogP contribution is -2.24. The molecule has 3 rings (SSSR count). The summed E-state index contributed by atoms with van der Waals surface area (Å²) >= 11 is 0. The maximum atomic E-state index is 12.9. The molecule has 0 spiro atoms. The molecule has 6 nitrogen and oxygen atoms in total. The summed E-state index contributed by atoms with van der Waals surface area (Å²) in [4.78, 5) is 23.4. The summed E-state index contributed by atoms with van der Waals surface area (Å²) in [6.45, 7) is 4.26. The predicted octanol–water partition coefficient (Wildman–Crippen LogP) is 3.63.